The third kappa shape index (κ3) is 3.46. The van der Waals surface area contributed by atoms with Gasteiger partial charge in [0.2, 0.25) is 6.29 Å². The van der Waals surface area contributed by atoms with Gasteiger partial charge in [-0.15, -0.1) is 0 Å². The molecular weight excluding hydrogens is 308 g/mol. The first-order valence-electron chi connectivity index (χ1n) is 7.15. The van der Waals surface area contributed by atoms with E-state index in [4.69, 9.17) is 13.9 Å². The van der Waals surface area contributed by atoms with Gasteiger partial charge in [-0.2, -0.15) is 0 Å². The SMILES string of the molecule is CC=Cc1occ(CO)c1C(=O)O[C@@H]1O[C@@H](C)[C@H](O)[C@@H](O)[C@@H]1O. The van der Waals surface area contributed by atoms with E-state index in [0.717, 1.165) is 0 Å². The average molecular weight is 328 g/mol. The van der Waals surface area contributed by atoms with E-state index in [1.807, 2.05) is 0 Å². The second-order valence-corrected chi connectivity index (χ2v) is 5.24. The summed E-state index contributed by atoms with van der Waals surface area (Å²) in [6.07, 6.45) is -2.28. The number of aliphatic hydroxyl groups excluding tert-OH is 4. The van der Waals surface area contributed by atoms with Gasteiger partial charge in [0.05, 0.1) is 19.0 Å². The van der Waals surface area contributed by atoms with E-state index < -0.39 is 43.3 Å². The maximum atomic E-state index is 12.3. The van der Waals surface area contributed by atoms with Gasteiger partial charge in [0.1, 0.15) is 29.6 Å². The first-order chi connectivity index (χ1) is 10.9. The van der Waals surface area contributed by atoms with Gasteiger partial charge in [0, 0.05) is 5.56 Å². The van der Waals surface area contributed by atoms with E-state index in [1.54, 1.807) is 13.0 Å². The Morgan fingerprint density at radius 1 is 1.30 bits per heavy atom. The molecule has 5 atom stereocenters. The minimum Gasteiger partial charge on any atom is -0.464 e. The van der Waals surface area contributed by atoms with E-state index in [0.29, 0.717) is 0 Å². The molecular formula is C15H20O8. The molecule has 128 valence electrons. The molecule has 0 aromatic carbocycles. The molecule has 1 aliphatic rings. The lowest BCUT2D eigenvalue weighted by atomic mass is 10.00. The number of carbonyl (C=O) groups is 1. The van der Waals surface area contributed by atoms with Crippen molar-refractivity contribution in [2.45, 2.75) is 51.2 Å². The molecule has 0 bridgehead atoms. The predicted octanol–water partition coefficient (Wildman–Crippen LogP) is -0.211. The number of ether oxygens (including phenoxy) is 2. The second-order valence-electron chi connectivity index (χ2n) is 5.24. The predicted molar refractivity (Wildman–Crippen MR) is 77.1 cm³/mol. The van der Waals surface area contributed by atoms with Crippen molar-refractivity contribution in [3.8, 4) is 0 Å². The molecule has 0 aliphatic carbocycles. The van der Waals surface area contributed by atoms with E-state index in [9.17, 15) is 25.2 Å². The van der Waals surface area contributed by atoms with Crippen molar-refractivity contribution in [1.82, 2.24) is 0 Å². The van der Waals surface area contributed by atoms with E-state index in [1.165, 1.54) is 19.3 Å². The van der Waals surface area contributed by atoms with Crippen LogP contribution in [-0.4, -0.2) is 57.1 Å². The summed E-state index contributed by atoms with van der Waals surface area (Å²) in [6, 6.07) is 0. The van der Waals surface area contributed by atoms with Crippen molar-refractivity contribution in [1.29, 1.82) is 0 Å². The first-order valence-corrected chi connectivity index (χ1v) is 7.15. The Hall–Kier alpha value is -1.71. The zero-order chi connectivity index (χ0) is 17.1. The maximum absolute atomic E-state index is 12.3. The largest absolute Gasteiger partial charge is 0.464 e. The van der Waals surface area contributed by atoms with Crippen molar-refractivity contribution >= 4 is 12.0 Å². The van der Waals surface area contributed by atoms with Crippen molar-refractivity contribution in [2.75, 3.05) is 0 Å². The molecule has 8 heteroatoms. The fourth-order valence-electron chi connectivity index (χ4n) is 2.31. The summed E-state index contributed by atoms with van der Waals surface area (Å²) >= 11 is 0. The molecule has 4 N–H and O–H groups in total. The summed E-state index contributed by atoms with van der Waals surface area (Å²) < 4.78 is 15.5. The lowest BCUT2D eigenvalue weighted by Crippen LogP contribution is -2.57. The molecule has 0 saturated carbocycles. The summed E-state index contributed by atoms with van der Waals surface area (Å²) in [5.41, 5.74) is 0.233. The lowest BCUT2D eigenvalue weighted by molar-refractivity contribution is -0.276. The second kappa shape index (κ2) is 7.24. The Labute approximate surface area is 132 Å². The average Bonchev–Trinajstić information content (AvgIpc) is 2.93. The van der Waals surface area contributed by atoms with E-state index >= 15 is 0 Å². The van der Waals surface area contributed by atoms with Gasteiger partial charge in [-0.05, 0) is 19.9 Å². The molecule has 1 fully saturated rings. The van der Waals surface area contributed by atoms with Crippen LogP contribution in [0.3, 0.4) is 0 Å². The standard InChI is InChI=1S/C15H20O8/c1-3-4-9-10(8(5-16)6-21-9)14(20)23-15-13(19)12(18)11(17)7(2)22-15/h3-4,6-7,11-13,15-19H,5H2,1-2H3/t7-,11-,12+,13-,15-/m0/s1. The summed E-state index contributed by atoms with van der Waals surface area (Å²) in [7, 11) is 0. The van der Waals surface area contributed by atoms with E-state index in [2.05, 4.69) is 0 Å². The van der Waals surface area contributed by atoms with Crippen LogP contribution in [0.25, 0.3) is 6.08 Å². The number of furan rings is 1. The highest BCUT2D eigenvalue weighted by Gasteiger charge is 2.44. The molecule has 0 unspecified atom stereocenters. The molecule has 1 saturated heterocycles. The highest BCUT2D eigenvalue weighted by atomic mass is 16.7. The minimum absolute atomic E-state index is 0.00895. The van der Waals surface area contributed by atoms with Crippen molar-refractivity contribution < 1.29 is 39.1 Å². The molecule has 1 aromatic rings. The quantitative estimate of drug-likeness (QED) is 0.559. The van der Waals surface area contributed by atoms with Gasteiger partial charge in [-0.3, -0.25) is 0 Å². The molecule has 2 heterocycles. The number of aliphatic hydroxyl groups is 4. The molecule has 1 aromatic heterocycles. The van der Waals surface area contributed by atoms with Crippen LogP contribution in [0.5, 0.6) is 0 Å². The monoisotopic (exact) mass is 328 g/mol. The summed E-state index contributed by atoms with van der Waals surface area (Å²) in [5.74, 6) is -0.684. The van der Waals surface area contributed by atoms with Crippen molar-refractivity contribution in [2.24, 2.45) is 0 Å². The molecule has 0 amide bonds. The van der Waals surface area contributed by atoms with Crippen LogP contribution < -0.4 is 0 Å². The van der Waals surface area contributed by atoms with Crippen molar-refractivity contribution in [3.63, 3.8) is 0 Å². The number of hydrogen-bond acceptors (Lipinski definition) is 8. The molecule has 0 radical (unpaired) electrons. The summed E-state index contributed by atoms with van der Waals surface area (Å²) in [6.45, 7) is 2.77. The smallest absolute Gasteiger partial charge is 0.344 e. The number of allylic oxidation sites excluding steroid dienone is 1. The zero-order valence-electron chi connectivity index (χ0n) is 12.7. The number of hydrogen-bond donors (Lipinski definition) is 4. The summed E-state index contributed by atoms with van der Waals surface area (Å²) in [5, 5.41) is 38.5. The first kappa shape index (κ1) is 17.6. The maximum Gasteiger partial charge on any atom is 0.344 e. The topological polar surface area (TPSA) is 130 Å². The van der Waals surface area contributed by atoms with Gasteiger partial charge >= 0.3 is 5.97 Å². The molecule has 23 heavy (non-hydrogen) atoms. The lowest BCUT2D eigenvalue weighted by Gasteiger charge is -2.38. The number of carbonyl (C=O) groups excluding carboxylic acids is 1. The molecule has 8 nitrogen and oxygen atoms in total. The van der Waals surface area contributed by atoms with Gasteiger partial charge in [0.25, 0.3) is 0 Å². The van der Waals surface area contributed by atoms with E-state index in [-0.39, 0.29) is 16.9 Å². The highest BCUT2D eigenvalue weighted by molar-refractivity contribution is 5.94. The fourth-order valence-corrected chi connectivity index (χ4v) is 2.31. The van der Waals surface area contributed by atoms with Crippen LogP contribution in [0.15, 0.2) is 16.8 Å². The number of rotatable bonds is 4. The Balaban J connectivity index is 2.20. The molecule has 2 rings (SSSR count). The van der Waals surface area contributed by atoms with Gasteiger partial charge in [0.15, 0.2) is 0 Å². The van der Waals surface area contributed by atoms with Gasteiger partial charge in [-0.25, -0.2) is 4.79 Å². The van der Waals surface area contributed by atoms with Crippen LogP contribution in [-0.2, 0) is 16.1 Å². The molecule has 1 aliphatic heterocycles. The van der Waals surface area contributed by atoms with Crippen molar-refractivity contribution in [3.05, 3.63) is 29.2 Å². The third-order valence-corrected chi connectivity index (χ3v) is 3.62. The van der Waals surface area contributed by atoms with Gasteiger partial charge < -0.3 is 34.3 Å². The molecule has 0 spiro atoms. The van der Waals surface area contributed by atoms with Crippen LogP contribution in [0, 0.1) is 0 Å². The normalized spacial score (nSPS) is 31.5. The Morgan fingerprint density at radius 3 is 2.61 bits per heavy atom. The van der Waals surface area contributed by atoms with Crippen LogP contribution in [0.1, 0.15) is 35.5 Å². The fraction of sp³-hybridized carbons (Fsp3) is 0.533. The van der Waals surface area contributed by atoms with Crippen LogP contribution in [0.4, 0.5) is 0 Å². The minimum atomic E-state index is -1.60. The number of esters is 1. The Bertz CT molecular complexity index is 578. The van der Waals surface area contributed by atoms with Crippen LogP contribution >= 0.6 is 0 Å². The third-order valence-electron chi connectivity index (χ3n) is 3.62. The van der Waals surface area contributed by atoms with Crippen LogP contribution in [0.2, 0.25) is 0 Å². The Morgan fingerprint density at radius 2 is 2.00 bits per heavy atom. The highest BCUT2D eigenvalue weighted by Crippen LogP contribution is 2.25. The Kier molecular flexibility index (Phi) is 5.55. The van der Waals surface area contributed by atoms with Gasteiger partial charge in [-0.1, -0.05) is 6.08 Å². The zero-order valence-corrected chi connectivity index (χ0v) is 12.7. The summed E-state index contributed by atoms with van der Waals surface area (Å²) in [4.78, 5) is 12.3.